The average Bonchev–Trinajstić information content (AvgIpc) is 3.69. The molecule has 12 heteroatoms. The summed E-state index contributed by atoms with van der Waals surface area (Å²) in [6, 6.07) is 21.0. The number of ether oxygens (including phenoxy) is 3. The maximum absolute atomic E-state index is 14.5. The summed E-state index contributed by atoms with van der Waals surface area (Å²) in [6.07, 6.45) is 0.524. The summed E-state index contributed by atoms with van der Waals surface area (Å²) in [5, 5.41) is 5.51. The molecule has 3 aromatic carbocycles. The molecule has 2 aliphatic rings. The lowest BCUT2D eigenvalue weighted by molar-refractivity contribution is -0.145. The van der Waals surface area contributed by atoms with Crippen molar-refractivity contribution in [3.8, 4) is 0 Å². The van der Waals surface area contributed by atoms with Crippen LogP contribution in [0.5, 0.6) is 0 Å². The number of rotatable bonds is 11. The first kappa shape index (κ1) is 35.9. The number of unbranched alkanes of at least 4 members (excludes halogenated alkanes) is 1. The van der Waals surface area contributed by atoms with E-state index in [2.05, 4.69) is 10.6 Å². The zero-order chi connectivity index (χ0) is 35.8. The molecule has 2 aliphatic heterocycles. The van der Waals surface area contributed by atoms with Gasteiger partial charge in [-0.25, -0.2) is 14.4 Å². The van der Waals surface area contributed by atoms with E-state index in [9.17, 15) is 24.0 Å². The zero-order valence-corrected chi connectivity index (χ0v) is 28.8. The van der Waals surface area contributed by atoms with Crippen LogP contribution >= 0.6 is 0 Å². The van der Waals surface area contributed by atoms with Crippen molar-refractivity contribution in [2.45, 2.75) is 83.2 Å². The van der Waals surface area contributed by atoms with E-state index in [0.717, 1.165) is 16.7 Å². The van der Waals surface area contributed by atoms with Gasteiger partial charge in [0, 0.05) is 25.1 Å². The van der Waals surface area contributed by atoms with Crippen LogP contribution in [0.2, 0.25) is 0 Å². The van der Waals surface area contributed by atoms with E-state index in [0.29, 0.717) is 30.8 Å². The SMILES string of the molecule is COC(=O)[C@@H](CCCCNC(=O)OCc1ccccc1)NC(=O)[C@@H]1Cc2ccccc2N1C(=O)[C@@H]1Cc2ccccc2N1C(=O)OC(C)(C)C. The fraction of sp³-hybridized carbons (Fsp3) is 0.395. The first-order valence-corrected chi connectivity index (χ1v) is 16.8. The Labute approximate surface area is 292 Å². The van der Waals surface area contributed by atoms with Gasteiger partial charge in [0.05, 0.1) is 12.8 Å². The Kier molecular flexibility index (Phi) is 11.4. The summed E-state index contributed by atoms with van der Waals surface area (Å²) in [5.41, 5.74) is 2.83. The largest absolute Gasteiger partial charge is 0.467 e. The molecule has 0 aliphatic carbocycles. The normalized spacial score (nSPS) is 16.9. The van der Waals surface area contributed by atoms with Crippen LogP contribution in [-0.2, 0) is 48.0 Å². The molecule has 4 amide bonds. The highest BCUT2D eigenvalue weighted by molar-refractivity contribution is 6.11. The summed E-state index contributed by atoms with van der Waals surface area (Å²) in [6.45, 7) is 5.75. The number of nitrogens with one attached hydrogen (secondary N) is 2. The maximum atomic E-state index is 14.5. The number of carbonyl (C=O) groups is 5. The van der Waals surface area contributed by atoms with Crippen molar-refractivity contribution in [3.63, 3.8) is 0 Å². The van der Waals surface area contributed by atoms with Gasteiger partial charge in [-0.3, -0.25) is 19.4 Å². The van der Waals surface area contributed by atoms with E-state index in [-0.39, 0.29) is 25.9 Å². The highest BCUT2D eigenvalue weighted by atomic mass is 16.6. The van der Waals surface area contributed by atoms with E-state index in [1.807, 2.05) is 54.6 Å². The van der Waals surface area contributed by atoms with Crippen LogP contribution in [0.25, 0.3) is 0 Å². The summed E-state index contributed by atoms with van der Waals surface area (Å²) in [5.74, 6) is -1.58. The Bertz CT molecular complexity index is 1710. The van der Waals surface area contributed by atoms with Gasteiger partial charge < -0.3 is 24.8 Å². The number of hydrogen-bond donors (Lipinski definition) is 2. The van der Waals surface area contributed by atoms with Crippen LogP contribution in [0.4, 0.5) is 21.0 Å². The minimum atomic E-state index is -0.979. The Hall–Kier alpha value is -5.39. The van der Waals surface area contributed by atoms with E-state index in [1.54, 1.807) is 45.0 Å². The monoisotopic (exact) mass is 684 g/mol. The standard InChI is InChI=1S/C38H44N4O8/c1-38(2,3)50-37(47)42-30-20-11-9-17-27(30)23-32(42)34(44)41-29-19-10-8-16-26(29)22-31(41)33(43)40-28(35(45)48-4)18-12-13-21-39-36(46)49-24-25-14-6-5-7-15-25/h5-11,14-17,19-20,28,31-32H,12-13,18,21-24H2,1-4H3,(H,39,46)(H,40,43)/t28-,31+,32+/m1/s1. The number of fused-ring (bicyclic) bond motifs is 2. The smallest absolute Gasteiger partial charge is 0.415 e. The highest BCUT2D eigenvalue weighted by Crippen LogP contribution is 2.38. The van der Waals surface area contributed by atoms with Crippen LogP contribution < -0.4 is 20.4 Å². The van der Waals surface area contributed by atoms with Crippen LogP contribution in [0.1, 0.15) is 56.7 Å². The molecule has 2 N–H and O–H groups in total. The van der Waals surface area contributed by atoms with Gasteiger partial charge in [-0.05, 0) is 68.9 Å². The zero-order valence-electron chi connectivity index (χ0n) is 28.8. The third-order valence-corrected chi connectivity index (χ3v) is 8.57. The first-order valence-electron chi connectivity index (χ1n) is 16.8. The summed E-state index contributed by atoms with van der Waals surface area (Å²) >= 11 is 0. The lowest BCUT2D eigenvalue weighted by atomic mass is 10.1. The molecule has 0 saturated carbocycles. The van der Waals surface area contributed by atoms with E-state index >= 15 is 0 Å². The molecule has 3 atom stereocenters. The number of carbonyl (C=O) groups excluding carboxylic acids is 5. The molecule has 12 nitrogen and oxygen atoms in total. The summed E-state index contributed by atoms with van der Waals surface area (Å²) < 4.78 is 15.9. The number of alkyl carbamates (subject to hydrolysis) is 1. The van der Waals surface area contributed by atoms with Crippen LogP contribution in [0, 0.1) is 0 Å². The van der Waals surface area contributed by atoms with Crippen molar-refractivity contribution < 1.29 is 38.2 Å². The quantitative estimate of drug-likeness (QED) is 0.162. The third kappa shape index (κ3) is 8.60. The Balaban J connectivity index is 1.25. The second kappa shape index (κ2) is 15.9. The van der Waals surface area contributed by atoms with E-state index in [1.165, 1.54) is 16.9 Å². The van der Waals surface area contributed by atoms with Gasteiger partial charge in [0.1, 0.15) is 30.3 Å². The summed E-state index contributed by atoms with van der Waals surface area (Å²) in [7, 11) is 1.25. The molecule has 50 heavy (non-hydrogen) atoms. The van der Waals surface area contributed by atoms with Gasteiger partial charge in [0.2, 0.25) is 5.91 Å². The molecule has 0 unspecified atom stereocenters. The number of methoxy groups -OCH3 is 1. The minimum absolute atomic E-state index is 0.153. The molecule has 0 spiro atoms. The van der Waals surface area contributed by atoms with E-state index < -0.39 is 53.7 Å². The minimum Gasteiger partial charge on any atom is -0.467 e. The highest BCUT2D eigenvalue weighted by Gasteiger charge is 2.47. The molecule has 0 bridgehead atoms. The Morgan fingerprint density at radius 1 is 0.800 bits per heavy atom. The number of para-hydroxylation sites is 2. The van der Waals surface area contributed by atoms with Gasteiger partial charge in [0.15, 0.2) is 0 Å². The van der Waals surface area contributed by atoms with Crippen molar-refractivity contribution in [3.05, 3.63) is 95.6 Å². The molecule has 264 valence electrons. The number of nitrogens with zero attached hydrogens (tertiary/aromatic N) is 2. The van der Waals surface area contributed by atoms with Crippen molar-refractivity contribution in [2.75, 3.05) is 23.5 Å². The van der Waals surface area contributed by atoms with Crippen molar-refractivity contribution in [1.29, 1.82) is 0 Å². The Morgan fingerprint density at radius 3 is 2.04 bits per heavy atom. The van der Waals surface area contributed by atoms with Crippen molar-refractivity contribution in [1.82, 2.24) is 10.6 Å². The molecule has 0 aromatic heterocycles. The predicted molar refractivity (Wildman–Crippen MR) is 186 cm³/mol. The number of esters is 1. The van der Waals surface area contributed by atoms with Crippen molar-refractivity contribution >= 4 is 41.3 Å². The first-order chi connectivity index (χ1) is 24.0. The van der Waals surface area contributed by atoms with Gasteiger partial charge in [-0.2, -0.15) is 0 Å². The number of benzene rings is 3. The number of amides is 4. The lowest BCUT2D eigenvalue weighted by Gasteiger charge is -2.33. The van der Waals surface area contributed by atoms with Gasteiger partial charge >= 0.3 is 18.2 Å². The topological polar surface area (TPSA) is 144 Å². The van der Waals surface area contributed by atoms with Crippen LogP contribution in [0.3, 0.4) is 0 Å². The second-order valence-corrected chi connectivity index (χ2v) is 13.3. The molecule has 0 fully saturated rings. The fourth-order valence-corrected chi connectivity index (χ4v) is 6.25. The van der Waals surface area contributed by atoms with Crippen LogP contribution in [0.15, 0.2) is 78.9 Å². The molecule has 3 aromatic rings. The molecule has 0 radical (unpaired) electrons. The number of hydrogen-bond acceptors (Lipinski definition) is 8. The second-order valence-electron chi connectivity index (χ2n) is 13.3. The maximum Gasteiger partial charge on any atom is 0.415 e. The van der Waals surface area contributed by atoms with Gasteiger partial charge in [0.25, 0.3) is 5.91 Å². The lowest BCUT2D eigenvalue weighted by Crippen LogP contribution is -2.57. The Morgan fingerprint density at radius 2 is 1.40 bits per heavy atom. The van der Waals surface area contributed by atoms with Crippen molar-refractivity contribution in [2.24, 2.45) is 0 Å². The molecule has 0 saturated heterocycles. The molecule has 5 rings (SSSR count). The summed E-state index contributed by atoms with van der Waals surface area (Å²) in [4.78, 5) is 69.7. The number of anilines is 2. The predicted octanol–water partition coefficient (Wildman–Crippen LogP) is 5.07. The third-order valence-electron chi connectivity index (χ3n) is 8.57. The van der Waals surface area contributed by atoms with Crippen LogP contribution in [-0.4, -0.2) is 67.4 Å². The van der Waals surface area contributed by atoms with Gasteiger partial charge in [-0.1, -0.05) is 66.7 Å². The average molecular weight is 685 g/mol. The van der Waals surface area contributed by atoms with Gasteiger partial charge in [-0.15, -0.1) is 0 Å². The molecular formula is C38H44N4O8. The fourth-order valence-electron chi connectivity index (χ4n) is 6.25. The van der Waals surface area contributed by atoms with E-state index in [4.69, 9.17) is 14.2 Å². The molecular weight excluding hydrogens is 640 g/mol. The molecule has 2 heterocycles.